The number of carbonyl (C=O) groups is 1. The summed E-state index contributed by atoms with van der Waals surface area (Å²) in [6.45, 7) is 3.36. The molecule has 2 aliphatic heterocycles. The van der Waals surface area contributed by atoms with E-state index in [1.807, 2.05) is 18.2 Å². The van der Waals surface area contributed by atoms with Crippen LogP contribution in [0, 0.1) is 0 Å². The van der Waals surface area contributed by atoms with Crippen LogP contribution in [-0.4, -0.2) is 32.2 Å². The fraction of sp³-hybridized carbons (Fsp3) is 0.211. The van der Waals surface area contributed by atoms with Crippen molar-refractivity contribution in [2.75, 3.05) is 41.8 Å². The van der Waals surface area contributed by atoms with Crippen molar-refractivity contribution in [1.82, 2.24) is 0 Å². The fourth-order valence-electron chi connectivity index (χ4n) is 3.05. The largest absolute Gasteiger partial charge is 0.378 e. The van der Waals surface area contributed by atoms with Crippen LogP contribution >= 0.6 is 11.6 Å². The highest BCUT2D eigenvalue weighted by molar-refractivity contribution is 6.34. The average Bonchev–Trinajstić information content (AvgIpc) is 2.96. The highest BCUT2D eigenvalue weighted by Gasteiger charge is 2.24. The van der Waals surface area contributed by atoms with Gasteiger partial charge in [-0.15, -0.1) is 0 Å². The number of halogens is 1. The number of fused-ring (bicyclic) bond motifs is 1. The molecule has 5 nitrogen and oxygen atoms in total. The number of hydrogen-bond donors (Lipinski definition) is 2. The Morgan fingerprint density at radius 3 is 2.64 bits per heavy atom. The van der Waals surface area contributed by atoms with Crippen molar-refractivity contribution in [2.24, 2.45) is 0 Å². The van der Waals surface area contributed by atoms with E-state index in [1.54, 1.807) is 18.3 Å². The molecule has 0 spiro atoms. The predicted molar refractivity (Wildman–Crippen MR) is 101 cm³/mol. The molecule has 0 saturated carbocycles. The Bertz CT molecular complexity index is 827. The van der Waals surface area contributed by atoms with E-state index < -0.39 is 0 Å². The Morgan fingerprint density at radius 1 is 1.12 bits per heavy atom. The molecule has 0 aromatic heterocycles. The van der Waals surface area contributed by atoms with Gasteiger partial charge in [-0.25, -0.2) is 0 Å². The number of nitrogens with one attached hydrogen (secondary N) is 2. The highest BCUT2D eigenvalue weighted by Crippen LogP contribution is 2.33. The Morgan fingerprint density at radius 2 is 1.88 bits per heavy atom. The van der Waals surface area contributed by atoms with E-state index in [0.29, 0.717) is 10.6 Å². The highest BCUT2D eigenvalue weighted by atomic mass is 35.5. The van der Waals surface area contributed by atoms with Gasteiger partial charge in [-0.3, -0.25) is 4.79 Å². The number of morpholine rings is 1. The number of carbonyl (C=O) groups excluding carboxylic acids is 1. The van der Waals surface area contributed by atoms with Crippen molar-refractivity contribution in [2.45, 2.75) is 0 Å². The minimum absolute atomic E-state index is 0.130. The molecule has 1 amide bonds. The first-order chi connectivity index (χ1) is 12.2. The molecule has 0 unspecified atom stereocenters. The number of benzene rings is 2. The number of rotatable bonds is 3. The molecular formula is C19H18ClN3O2. The topological polar surface area (TPSA) is 53.6 Å². The van der Waals surface area contributed by atoms with Crippen molar-refractivity contribution in [3.8, 4) is 0 Å². The van der Waals surface area contributed by atoms with E-state index in [4.69, 9.17) is 16.3 Å². The van der Waals surface area contributed by atoms with Crippen molar-refractivity contribution in [3.63, 3.8) is 0 Å². The zero-order valence-electron chi connectivity index (χ0n) is 13.6. The standard InChI is InChI=1S/C19H18ClN3O2/c20-13-1-6-18-16(11-13)17(19(24)22-18)12-21-14-2-4-15(5-3-14)23-7-9-25-10-8-23/h1-6,11-12,21H,7-10H2,(H,22,24). The Labute approximate surface area is 151 Å². The number of anilines is 3. The number of amides is 1. The summed E-state index contributed by atoms with van der Waals surface area (Å²) in [7, 11) is 0. The minimum atomic E-state index is -0.130. The molecular weight excluding hydrogens is 338 g/mol. The monoisotopic (exact) mass is 355 g/mol. The number of ether oxygens (including phenoxy) is 1. The van der Waals surface area contributed by atoms with Crippen LogP contribution in [0.2, 0.25) is 5.02 Å². The smallest absolute Gasteiger partial charge is 0.257 e. The third-order valence-corrected chi connectivity index (χ3v) is 4.63. The molecule has 6 heteroatoms. The van der Waals surface area contributed by atoms with Crippen LogP contribution in [0.3, 0.4) is 0 Å². The summed E-state index contributed by atoms with van der Waals surface area (Å²) in [6.07, 6.45) is 1.72. The van der Waals surface area contributed by atoms with Crippen LogP contribution in [0.4, 0.5) is 17.1 Å². The first-order valence-corrected chi connectivity index (χ1v) is 8.59. The molecule has 2 N–H and O–H groups in total. The van der Waals surface area contributed by atoms with Gasteiger partial charge in [0.15, 0.2) is 0 Å². The maximum Gasteiger partial charge on any atom is 0.257 e. The molecule has 0 atom stereocenters. The summed E-state index contributed by atoms with van der Waals surface area (Å²) in [5.74, 6) is -0.130. The minimum Gasteiger partial charge on any atom is -0.378 e. The molecule has 0 radical (unpaired) electrons. The van der Waals surface area contributed by atoms with Gasteiger partial charge in [0.25, 0.3) is 5.91 Å². The lowest BCUT2D eigenvalue weighted by Gasteiger charge is -2.28. The van der Waals surface area contributed by atoms with Gasteiger partial charge in [-0.05, 0) is 42.5 Å². The SMILES string of the molecule is O=C1Nc2ccc(Cl)cc2C1=CNc1ccc(N2CCOCC2)cc1. The van der Waals surface area contributed by atoms with E-state index >= 15 is 0 Å². The summed E-state index contributed by atoms with van der Waals surface area (Å²) >= 11 is 6.04. The maximum atomic E-state index is 12.1. The quantitative estimate of drug-likeness (QED) is 0.826. The molecule has 4 rings (SSSR count). The molecule has 128 valence electrons. The van der Waals surface area contributed by atoms with Gasteiger partial charge < -0.3 is 20.3 Å². The third-order valence-electron chi connectivity index (χ3n) is 4.39. The first-order valence-electron chi connectivity index (χ1n) is 8.21. The summed E-state index contributed by atoms with van der Waals surface area (Å²) in [4.78, 5) is 14.4. The van der Waals surface area contributed by atoms with Gasteiger partial charge in [0.05, 0.1) is 18.8 Å². The number of nitrogens with zero attached hydrogens (tertiary/aromatic N) is 1. The van der Waals surface area contributed by atoms with Crippen LogP contribution in [0.25, 0.3) is 5.57 Å². The molecule has 25 heavy (non-hydrogen) atoms. The predicted octanol–water partition coefficient (Wildman–Crippen LogP) is 3.58. The average molecular weight is 356 g/mol. The molecule has 1 saturated heterocycles. The summed E-state index contributed by atoms with van der Waals surface area (Å²) in [6, 6.07) is 13.5. The van der Waals surface area contributed by atoms with Crippen molar-refractivity contribution in [3.05, 3.63) is 59.3 Å². The van der Waals surface area contributed by atoms with Crippen molar-refractivity contribution < 1.29 is 9.53 Å². The van der Waals surface area contributed by atoms with E-state index in [-0.39, 0.29) is 5.91 Å². The molecule has 0 aliphatic carbocycles. The molecule has 2 aromatic rings. The van der Waals surface area contributed by atoms with Gasteiger partial charge >= 0.3 is 0 Å². The van der Waals surface area contributed by atoms with E-state index in [0.717, 1.165) is 43.2 Å². The van der Waals surface area contributed by atoms with Crippen LogP contribution in [0.1, 0.15) is 5.56 Å². The van der Waals surface area contributed by atoms with E-state index in [2.05, 4.69) is 27.7 Å². The van der Waals surface area contributed by atoms with Crippen LogP contribution < -0.4 is 15.5 Å². The second kappa shape index (κ2) is 6.78. The van der Waals surface area contributed by atoms with Crippen LogP contribution in [0.15, 0.2) is 48.7 Å². The molecule has 2 aromatic carbocycles. The van der Waals surface area contributed by atoms with E-state index in [9.17, 15) is 4.79 Å². The lowest BCUT2D eigenvalue weighted by molar-refractivity contribution is -0.110. The van der Waals surface area contributed by atoms with Crippen molar-refractivity contribution >= 4 is 40.1 Å². The van der Waals surface area contributed by atoms with Crippen LogP contribution in [-0.2, 0) is 9.53 Å². The zero-order valence-corrected chi connectivity index (χ0v) is 14.3. The van der Waals surface area contributed by atoms with Gasteiger partial charge in [-0.2, -0.15) is 0 Å². The lowest BCUT2D eigenvalue weighted by atomic mass is 10.1. The second-order valence-electron chi connectivity index (χ2n) is 5.99. The maximum absolute atomic E-state index is 12.1. The second-order valence-corrected chi connectivity index (χ2v) is 6.43. The lowest BCUT2D eigenvalue weighted by Crippen LogP contribution is -2.36. The molecule has 2 aliphatic rings. The van der Waals surface area contributed by atoms with Gasteiger partial charge in [0, 0.05) is 46.9 Å². The molecule has 2 heterocycles. The van der Waals surface area contributed by atoms with Crippen LogP contribution in [0.5, 0.6) is 0 Å². The van der Waals surface area contributed by atoms with Crippen molar-refractivity contribution in [1.29, 1.82) is 0 Å². The van der Waals surface area contributed by atoms with Gasteiger partial charge in [-0.1, -0.05) is 11.6 Å². The summed E-state index contributed by atoms with van der Waals surface area (Å²) in [5.41, 5.74) is 4.28. The fourth-order valence-corrected chi connectivity index (χ4v) is 3.22. The molecule has 0 bridgehead atoms. The Balaban J connectivity index is 1.50. The molecule has 1 fully saturated rings. The van der Waals surface area contributed by atoms with Gasteiger partial charge in [0.1, 0.15) is 0 Å². The zero-order chi connectivity index (χ0) is 17.2. The first kappa shape index (κ1) is 16.0. The summed E-state index contributed by atoms with van der Waals surface area (Å²) in [5, 5.41) is 6.64. The normalized spacial score (nSPS) is 18.2. The third kappa shape index (κ3) is 3.34. The van der Waals surface area contributed by atoms with Gasteiger partial charge in [0.2, 0.25) is 0 Å². The number of hydrogen-bond acceptors (Lipinski definition) is 4. The Hall–Kier alpha value is -2.50. The Kier molecular flexibility index (Phi) is 4.34. The summed E-state index contributed by atoms with van der Waals surface area (Å²) < 4.78 is 5.38. The van der Waals surface area contributed by atoms with E-state index in [1.165, 1.54) is 5.69 Å².